The van der Waals surface area contributed by atoms with Crippen LogP contribution in [0.4, 0.5) is 20.2 Å². The number of anilines is 2. The number of nitrogens with one attached hydrogen (secondary N) is 2. The number of carbonyl (C=O) groups is 2. The summed E-state index contributed by atoms with van der Waals surface area (Å²) in [4.78, 5) is 46.2. The number of aromatic nitrogens is 1. The van der Waals surface area contributed by atoms with Crippen molar-refractivity contribution in [3.8, 4) is 0 Å². The molecule has 0 spiro atoms. The summed E-state index contributed by atoms with van der Waals surface area (Å²) in [6.07, 6.45) is -0.238. The second-order valence-corrected chi connectivity index (χ2v) is 9.39. The number of alkyl halides is 1. The fourth-order valence-corrected chi connectivity index (χ4v) is 5.04. The number of halogens is 2. The van der Waals surface area contributed by atoms with Crippen LogP contribution in [0.3, 0.4) is 0 Å². The first-order valence-corrected chi connectivity index (χ1v) is 12.0. The van der Waals surface area contributed by atoms with Gasteiger partial charge in [0.25, 0.3) is 0 Å². The van der Waals surface area contributed by atoms with Crippen LogP contribution >= 0.6 is 0 Å². The first-order valence-electron chi connectivity index (χ1n) is 12.0. The molecule has 36 heavy (non-hydrogen) atoms. The van der Waals surface area contributed by atoms with Crippen LogP contribution < -0.4 is 21.3 Å². The molecule has 0 bridgehead atoms. The fourth-order valence-electron chi connectivity index (χ4n) is 5.04. The maximum absolute atomic E-state index is 15.0. The van der Waals surface area contributed by atoms with Crippen LogP contribution in [-0.4, -0.2) is 105 Å². The third-order valence-electron chi connectivity index (χ3n) is 6.96. The molecule has 3 saturated heterocycles. The monoisotopic (exact) mass is 510 g/mol. The Hall–Kier alpha value is -2.81. The molecule has 5 atom stereocenters. The van der Waals surface area contributed by atoms with Crippen LogP contribution in [0.15, 0.2) is 17.6 Å². The first kappa shape index (κ1) is 26.3. The number of ether oxygens (including phenoxy) is 1. The van der Waals surface area contributed by atoms with Crippen molar-refractivity contribution < 1.29 is 23.1 Å². The van der Waals surface area contributed by atoms with E-state index < -0.39 is 36.1 Å². The number of piperazine rings is 1. The van der Waals surface area contributed by atoms with Gasteiger partial charge in [0.2, 0.25) is 11.8 Å². The highest BCUT2D eigenvalue weighted by molar-refractivity contribution is 5.96. The molecule has 0 saturated carbocycles. The number of pyridine rings is 1. The normalized spacial score (nSPS) is 26.9. The number of nitroso groups, excluding NO2 is 1. The van der Waals surface area contributed by atoms with Crippen molar-refractivity contribution in [3.05, 3.63) is 23.1 Å². The zero-order chi connectivity index (χ0) is 25.8. The molecule has 3 aliphatic rings. The van der Waals surface area contributed by atoms with E-state index >= 15 is 0 Å². The maximum Gasteiger partial charge on any atom is 0.234 e. The third-order valence-corrected chi connectivity index (χ3v) is 6.96. The molecule has 1 aromatic heterocycles. The van der Waals surface area contributed by atoms with Crippen LogP contribution in [0.25, 0.3) is 0 Å². The minimum Gasteiger partial charge on any atom is -0.381 e. The standard InChI is InChI=1S/C22H32F2N8O4/c1-30-11-14(23)8-27-20(30)17(19(25)29-35)21(33)28-16-10-26-9-15(24)18(16)31-3-5-32(6-4-31)22(34)13-2-7-36-12-13/h9-10,13-14,17,19-20,27H,2-8,11-12,25H2,1H3,(H,28,33). The average Bonchev–Trinajstić information content (AvgIpc) is 3.40. The average molecular weight is 511 g/mol. The Labute approximate surface area is 207 Å². The highest BCUT2D eigenvalue weighted by Gasteiger charge is 2.40. The molecule has 3 fully saturated rings. The summed E-state index contributed by atoms with van der Waals surface area (Å²) < 4.78 is 34.0. The van der Waals surface area contributed by atoms with E-state index in [9.17, 15) is 23.3 Å². The lowest BCUT2D eigenvalue weighted by atomic mass is 9.98. The van der Waals surface area contributed by atoms with E-state index in [1.54, 1.807) is 21.7 Å². The third kappa shape index (κ3) is 5.61. The number of hydrogen-bond acceptors (Lipinski definition) is 10. The van der Waals surface area contributed by atoms with Crippen LogP contribution in [-0.2, 0) is 14.3 Å². The van der Waals surface area contributed by atoms with Crippen molar-refractivity contribution >= 4 is 23.2 Å². The minimum absolute atomic E-state index is 0.00683. The Morgan fingerprint density at radius 3 is 2.69 bits per heavy atom. The van der Waals surface area contributed by atoms with Crippen molar-refractivity contribution in [2.24, 2.45) is 22.7 Å². The Morgan fingerprint density at radius 1 is 1.31 bits per heavy atom. The molecule has 5 unspecified atom stereocenters. The molecule has 0 aromatic carbocycles. The zero-order valence-corrected chi connectivity index (χ0v) is 20.1. The van der Waals surface area contributed by atoms with E-state index in [0.717, 1.165) is 6.20 Å². The van der Waals surface area contributed by atoms with Gasteiger partial charge in [-0.15, -0.1) is 4.91 Å². The van der Waals surface area contributed by atoms with Gasteiger partial charge in [0.05, 0.1) is 36.8 Å². The Balaban J connectivity index is 1.48. The number of hydrogen-bond donors (Lipinski definition) is 3. The van der Waals surface area contributed by atoms with E-state index in [4.69, 9.17) is 10.5 Å². The van der Waals surface area contributed by atoms with E-state index in [1.807, 2.05) is 0 Å². The van der Waals surface area contributed by atoms with Crippen molar-refractivity contribution in [1.29, 1.82) is 0 Å². The van der Waals surface area contributed by atoms with Gasteiger partial charge in [-0.05, 0) is 13.5 Å². The summed E-state index contributed by atoms with van der Waals surface area (Å²) in [6.45, 7) is 2.54. The molecule has 4 N–H and O–H groups in total. The van der Waals surface area contributed by atoms with Crippen molar-refractivity contribution in [2.45, 2.75) is 24.9 Å². The second-order valence-electron chi connectivity index (χ2n) is 9.39. The number of rotatable bonds is 7. The molecular weight excluding hydrogens is 478 g/mol. The molecule has 198 valence electrons. The van der Waals surface area contributed by atoms with Crippen LogP contribution in [0.5, 0.6) is 0 Å². The highest BCUT2D eigenvalue weighted by atomic mass is 19.1. The molecule has 4 heterocycles. The van der Waals surface area contributed by atoms with Gasteiger partial charge in [-0.1, -0.05) is 5.18 Å². The molecule has 1 aromatic rings. The van der Waals surface area contributed by atoms with Gasteiger partial charge in [0, 0.05) is 45.9 Å². The molecule has 14 heteroatoms. The predicted molar refractivity (Wildman–Crippen MR) is 127 cm³/mol. The lowest BCUT2D eigenvalue weighted by Crippen LogP contribution is -2.62. The maximum atomic E-state index is 15.0. The van der Waals surface area contributed by atoms with Crippen molar-refractivity contribution in [1.82, 2.24) is 20.1 Å². The summed E-state index contributed by atoms with van der Waals surface area (Å²) in [5, 5.41) is 8.37. The van der Waals surface area contributed by atoms with Gasteiger partial charge in [-0.25, -0.2) is 8.78 Å². The van der Waals surface area contributed by atoms with Crippen LogP contribution in [0, 0.1) is 22.6 Å². The number of amides is 2. The Morgan fingerprint density at radius 2 is 2.06 bits per heavy atom. The van der Waals surface area contributed by atoms with Gasteiger partial charge in [0.15, 0.2) is 12.0 Å². The minimum atomic E-state index is -1.42. The molecule has 12 nitrogen and oxygen atoms in total. The van der Waals surface area contributed by atoms with E-state index in [0.29, 0.717) is 45.8 Å². The SMILES string of the molecule is CN1CC(F)CNC1C(C(=O)Nc1cncc(F)c1N1CCN(C(=O)C2CCOC2)CC1)C(N)N=O. The summed E-state index contributed by atoms with van der Waals surface area (Å²) in [7, 11) is 1.61. The van der Waals surface area contributed by atoms with E-state index in [-0.39, 0.29) is 36.3 Å². The van der Waals surface area contributed by atoms with Crippen LogP contribution in [0.2, 0.25) is 0 Å². The Kier molecular flexibility index (Phi) is 8.39. The molecule has 0 aliphatic carbocycles. The number of nitrogens with zero attached hydrogens (tertiary/aromatic N) is 5. The summed E-state index contributed by atoms with van der Waals surface area (Å²) in [5.41, 5.74) is 6.10. The topological polar surface area (TPSA) is 145 Å². The molecular formula is C22H32F2N8O4. The molecule has 4 rings (SSSR count). The second kappa shape index (κ2) is 11.5. The first-order chi connectivity index (χ1) is 17.3. The predicted octanol–water partition coefficient (Wildman–Crippen LogP) is -0.289. The van der Waals surface area contributed by atoms with Crippen LogP contribution in [0.1, 0.15) is 6.42 Å². The molecule has 3 aliphatic heterocycles. The van der Waals surface area contributed by atoms with Gasteiger partial charge >= 0.3 is 0 Å². The number of carbonyl (C=O) groups excluding carboxylic acids is 2. The Bertz CT molecular complexity index is 958. The summed E-state index contributed by atoms with van der Waals surface area (Å²) in [6, 6.07) is 0. The number of nitrogens with two attached hydrogens (primary N) is 1. The van der Waals surface area contributed by atoms with E-state index in [1.165, 1.54) is 6.20 Å². The van der Waals surface area contributed by atoms with E-state index in [2.05, 4.69) is 20.8 Å². The van der Waals surface area contributed by atoms with Gasteiger partial charge < -0.3 is 25.6 Å². The molecule has 0 radical (unpaired) electrons. The molecule has 2 amide bonds. The summed E-state index contributed by atoms with van der Waals surface area (Å²) in [5.74, 6) is -2.59. The quantitative estimate of drug-likeness (QED) is 0.421. The zero-order valence-electron chi connectivity index (χ0n) is 20.1. The van der Waals surface area contributed by atoms with Gasteiger partial charge in [0.1, 0.15) is 17.8 Å². The lowest BCUT2D eigenvalue weighted by Gasteiger charge is -2.40. The lowest BCUT2D eigenvalue weighted by molar-refractivity contribution is -0.135. The summed E-state index contributed by atoms with van der Waals surface area (Å²) >= 11 is 0. The fraction of sp³-hybridized carbons (Fsp3) is 0.682. The smallest absolute Gasteiger partial charge is 0.234 e. The van der Waals surface area contributed by atoms with Gasteiger partial charge in [-0.3, -0.25) is 24.8 Å². The van der Waals surface area contributed by atoms with Crippen molar-refractivity contribution in [2.75, 3.05) is 69.7 Å². The largest absolute Gasteiger partial charge is 0.381 e. The van der Waals surface area contributed by atoms with Crippen molar-refractivity contribution in [3.63, 3.8) is 0 Å². The highest BCUT2D eigenvalue weighted by Crippen LogP contribution is 2.31. The van der Waals surface area contributed by atoms with Gasteiger partial charge in [-0.2, -0.15) is 0 Å².